The van der Waals surface area contributed by atoms with Crippen LogP contribution in [0.1, 0.15) is 55.8 Å². The first-order valence-corrected chi connectivity index (χ1v) is 11.3. The fraction of sp³-hybridized carbons (Fsp3) is 0.222. The van der Waals surface area contributed by atoms with Crippen LogP contribution < -0.4 is 5.32 Å². The number of aromatic carboxylic acids is 2. The molecule has 36 heavy (non-hydrogen) atoms. The van der Waals surface area contributed by atoms with Crippen molar-refractivity contribution in [2.75, 3.05) is 13.2 Å². The molecule has 3 aromatic carbocycles. The van der Waals surface area contributed by atoms with Crippen LogP contribution in [0.3, 0.4) is 0 Å². The van der Waals surface area contributed by atoms with Gasteiger partial charge in [-0.1, -0.05) is 48.5 Å². The predicted octanol–water partition coefficient (Wildman–Crippen LogP) is 3.41. The number of amides is 1. The molecular weight excluding hydrogens is 466 g/mol. The molecule has 0 heterocycles. The smallest absolute Gasteiger partial charge is 0.407 e. The number of aliphatic hydroxyl groups excluding tert-OH is 2. The first-order chi connectivity index (χ1) is 17.3. The molecule has 0 saturated heterocycles. The quantitative estimate of drug-likeness (QED) is 0.305. The molecule has 9 nitrogen and oxygen atoms in total. The van der Waals surface area contributed by atoms with Gasteiger partial charge in [0.2, 0.25) is 0 Å². The zero-order valence-electron chi connectivity index (χ0n) is 19.1. The highest BCUT2D eigenvalue weighted by molar-refractivity contribution is 5.94. The molecule has 0 bridgehead atoms. The summed E-state index contributed by atoms with van der Waals surface area (Å²) in [4.78, 5) is 34.8. The van der Waals surface area contributed by atoms with E-state index in [1.54, 1.807) is 0 Å². The van der Waals surface area contributed by atoms with Gasteiger partial charge in [-0.25, -0.2) is 14.4 Å². The van der Waals surface area contributed by atoms with E-state index < -0.39 is 30.2 Å². The Morgan fingerprint density at radius 2 is 1.36 bits per heavy atom. The number of aliphatic hydroxyl groups is 2. The Labute approximate surface area is 206 Å². The highest BCUT2D eigenvalue weighted by Crippen LogP contribution is 2.44. The number of hydrogen-bond donors (Lipinski definition) is 5. The van der Waals surface area contributed by atoms with Gasteiger partial charge < -0.3 is 30.5 Å². The van der Waals surface area contributed by atoms with E-state index in [-0.39, 0.29) is 42.2 Å². The summed E-state index contributed by atoms with van der Waals surface area (Å²) in [6.07, 6.45) is -3.69. The monoisotopic (exact) mass is 491 g/mol. The summed E-state index contributed by atoms with van der Waals surface area (Å²) < 4.78 is 5.43. The van der Waals surface area contributed by atoms with Crippen molar-refractivity contribution in [3.05, 3.63) is 94.5 Å². The molecule has 1 amide bonds. The van der Waals surface area contributed by atoms with Crippen molar-refractivity contribution < 1.29 is 39.5 Å². The summed E-state index contributed by atoms with van der Waals surface area (Å²) in [7, 11) is 0. The van der Waals surface area contributed by atoms with E-state index in [0.29, 0.717) is 0 Å². The van der Waals surface area contributed by atoms with E-state index in [4.69, 9.17) is 4.74 Å². The topological polar surface area (TPSA) is 153 Å². The average Bonchev–Trinajstić information content (AvgIpc) is 3.20. The predicted molar refractivity (Wildman–Crippen MR) is 129 cm³/mol. The maximum atomic E-state index is 12.3. The fourth-order valence-corrected chi connectivity index (χ4v) is 4.42. The van der Waals surface area contributed by atoms with Gasteiger partial charge in [0.15, 0.2) is 0 Å². The van der Waals surface area contributed by atoms with E-state index in [2.05, 4.69) is 5.32 Å². The van der Waals surface area contributed by atoms with Gasteiger partial charge in [-0.2, -0.15) is 0 Å². The summed E-state index contributed by atoms with van der Waals surface area (Å²) in [5.74, 6) is -2.82. The van der Waals surface area contributed by atoms with Crippen LogP contribution in [-0.4, -0.2) is 57.7 Å². The van der Waals surface area contributed by atoms with E-state index in [9.17, 15) is 34.8 Å². The minimum absolute atomic E-state index is 0.0285. The van der Waals surface area contributed by atoms with Crippen molar-refractivity contribution in [3.63, 3.8) is 0 Å². The molecule has 9 heteroatoms. The maximum absolute atomic E-state index is 12.3. The number of hydrogen-bond acceptors (Lipinski definition) is 6. The summed E-state index contributed by atoms with van der Waals surface area (Å²) >= 11 is 0. The summed E-state index contributed by atoms with van der Waals surface area (Å²) in [6, 6.07) is 19.1. The van der Waals surface area contributed by atoms with Crippen LogP contribution in [0.4, 0.5) is 4.79 Å². The lowest BCUT2D eigenvalue weighted by Gasteiger charge is -2.19. The third-order valence-electron chi connectivity index (χ3n) is 6.21. The van der Waals surface area contributed by atoms with Gasteiger partial charge in [-0.05, 0) is 52.4 Å². The van der Waals surface area contributed by atoms with Gasteiger partial charge in [0.25, 0.3) is 0 Å². The van der Waals surface area contributed by atoms with Crippen LogP contribution in [-0.2, 0) is 4.74 Å². The Kier molecular flexibility index (Phi) is 7.33. The van der Waals surface area contributed by atoms with Gasteiger partial charge >= 0.3 is 18.0 Å². The number of carboxylic acids is 2. The molecule has 5 N–H and O–H groups in total. The Morgan fingerprint density at radius 1 is 0.833 bits per heavy atom. The first kappa shape index (κ1) is 24.9. The van der Waals surface area contributed by atoms with Crippen LogP contribution in [0.5, 0.6) is 0 Å². The molecule has 0 saturated carbocycles. The zero-order valence-corrected chi connectivity index (χ0v) is 19.1. The number of carbonyl (C=O) groups is 3. The Hall–Kier alpha value is -4.21. The number of carboxylic acid groups (broad SMARTS) is 2. The molecule has 0 aromatic heterocycles. The van der Waals surface area contributed by atoms with Crippen molar-refractivity contribution in [3.8, 4) is 11.1 Å². The van der Waals surface area contributed by atoms with E-state index in [0.717, 1.165) is 40.5 Å². The fourth-order valence-electron chi connectivity index (χ4n) is 4.42. The van der Waals surface area contributed by atoms with Crippen LogP contribution in [0, 0.1) is 0 Å². The molecule has 0 fully saturated rings. The second-order valence-corrected chi connectivity index (χ2v) is 8.51. The van der Waals surface area contributed by atoms with E-state index >= 15 is 0 Å². The molecule has 186 valence electrons. The van der Waals surface area contributed by atoms with Crippen molar-refractivity contribution in [2.45, 2.75) is 24.5 Å². The number of carbonyl (C=O) groups excluding carboxylic acids is 1. The lowest BCUT2D eigenvalue weighted by atomic mass is 9.97. The Morgan fingerprint density at radius 3 is 1.89 bits per heavy atom. The standard InChI is InChI=1S/C27H25NO8/c29-23(24(30)15-11-16(25(31)32)13-17(12-15)26(33)34)9-10-28-27(35)36-14-22-20-7-3-1-5-18(20)19-6-2-4-8-21(19)22/h1-8,11-13,22-24,29-30H,9-10,14H2,(H,28,35)(H,31,32)(H,33,34). The van der Waals surface area contributed by atoms with Crippen molar-refractivity contribution in [1.82, 2.24) is 5.32 Å². The highest BCUT2D eigenvalue weighted by Gasteiger charge is 2.29. The minimum atomic E-state index is -1.55. The highest BCUT2D eigenvalue weighted by atomic mass is 16.5. The third kappa shape index (κ3) is 5.22. The lowest BCUT2D eigenvalue weighted by Crippen LogP contribution is -2.30. The van der Waals surface area contributed by atoms with Crippen LogP contribution in [0.2, 0.25) is 0 Å². The minimum Gasteiger partial charge on any atom is -0.478 e. The number of ether oxygens (including phenoxy) is 1. The van der Waals surface area contributed by atoms with Crippen molar-refractivity contribution in [1.29, 1.82) is 0 Å². The molecule has 2 atom stereocenters. The Bertz CT molecular complexity index is 1230. The van der Waals surface area contributed by atoms with Gasteiger partial charge in [0.05, 0.1) is 17.2 Å². The molecule has 3 aromatic rings. The summed E-state index contributed by atoms with van der Waals surface area (Å²) in [5.41, 5.74) is 3.67. The number of nitrogens with one attached hydrogen (secondary N) is 1. The summed E-state index contributed by atoms with van der Waals surface area (Å²) in [6.45, 7) is 0.101. The van der Waals surface area contributed by atoms with Gasteiger partial charge in [-0.15, -0.1) is 0 Å². The van der Waals surface area contributed by atoms with Gasteiger partial charge in [0.1, 0.15) is 12.7 Å². The van der Waals surface area contributed by atoms with Crippen LogP contribution in [0.15, 0.2) is 66.7 Å². The van der Waals surface area contributed by atoms with Crippen LogP contribution >= 0.6 is 0 Å². The molecule has 0 radical (unpaired) electrons. The third-order valence-corrected chi connectivity index (χ3v) is 6.21. The van der Waals surface area contributed by atoms with Gasteiger partial charge in [-0.3, -0.25) is 0 Å². The number of benzene rings is 3. The van der Waals surface area contributed by atoms with Crippen molar-refractivity contribution >= 4 is 18.0 Å². The molecule has 1 aliphatic rings. The van der Waals surface area contributed by atoms with E-state index in [1.165, 1.54) is 0 Å². The molecule has 4 rings (SSSR count). The van der Waals surface area contributed by atoms with E-state index in [1.807, 2.05) is 48.5 Å². The first-order valence-electron chi connectivity index (χ1n) is 11.3. The molecule has 0 spiro atoms. The summed E-state index contributed by atoms with van der Waals surface area (Å²) in [5, 5.41) is 41.6. The molecule has 1 aliphatic carbocycles. The average molecular weight is 491 g/mol. The normalized spacial score (nSPS) is 13.8. The Balaban J connectivity index is 1.31. The number of alkyl carbamates (subject to hydrolysis) is 1. The second-order valence-electron chi connectivity index (χ2n) is 8.51. The second kappa shape index (κ2) is 10.6. The SMILES string of the molecule is O=C(NCCC(O)C(O)c1cc(C(=O)O)cc(C(=O)O)c1)OCC1c2ccccc2-c2ccccc21. The van der Waals surface area contributed by atoms with Crippen molar-refractivity contribution in [2.24, 2.45) is 0 Å². The molecular formula is C27H25NO8. The largest absolute Gasteiger partial charge is 0.478 e. The molecule has 2 unspecified atom stereocenters. The van der Waals surface area contributed by atoms with Crippen LogP contribution in [0.25, 0.3) is 11.1 Å². The van der Waals surface area contributed by atoms with Gasteiger partial charge in [0, 0.05) is 12.5 Å². The lowest BCUT2D eigenvalue weighted by molar-refractivity contribution is 0.0135. The number of fused-ring (bicyclic) bond motifs is 3. The number of rotatable bonds is 9. The molecule has 0 aliphatic heterocycles. The maximum Gasteiger partial charge on any atom is 0.407 e. The zero-order chi connectivity index (χ0) is 25.8.